The molecule has 0 atom stereocenters. The van der Waals surface area contributed by atoms with Crippen molar-refractivity contribution in [3.05, 3.63) is 59.9 Å². The monoisotopic (exact) mass is 353 g/mol. The Labute approximate surface area is 155 Å². The molecule has 1 N–H and O–H groups in total. The van der Waals surface area contributed by atoms with Crippen LogP contribution in [-0.2, 0) is 6.54 Å². The Kier molecular flexibility index (Phi) is 6.61. The number of benzene rings is 1. The summed E-state index contributed by atoms with van der Waals surface area (Å²) in [5.41, 5.74) is 1.80. The minimum absolute atomic E-state index is 0.0102. The van der Waals surface area contributed by atoms with Gasteiger partial charge < -0.3 is 10.1 Å². The summed E-state index contributed by atoms with van der Waals surface area (Å²) in [4.78, 5) is 19.1. The SMILES string of the molecule is CCOc1ccc(C(=O)NCC2CCN(Cc3ccccn3)CC2)cc1. The van der Waals surface area contributed by atoms with Crippen molar-refractivity contribution in [2.45, 2.75) is 26.3 Å². The number of piperidine rings is 1. The van der Waals surface area contributed by atoms with Gasteiger partial charge in [-0.3, -0.25) is 14.7 Å². The van der Waals surface area contributed by atoms with Crippen molar-refractivity contribution in [1.29, 1.82) is 0 Å². The molecule has 1 aliphatic heterocycles. The molecule has 0 aliphatic carbocycles. The van der Waals surface area contributed by atoms with Crippen LogP contribution in [-0.4, -0.2) is 42.0 Å². The Hall–Kier alpha value is -2.40. The van der Waals surface area contributed by atoms with Gasteiger partial charge >= 0.3 is 0 Å². The second kappa shape index (κ2) is 9.34. The summed E-state index contributed by atoms with van der Waals surface area (Å²) in [6, 6.07) is 13.4. The Morgan fingerprint density at radius 2 is 1.96 bits per heavy atom. The summed E-state index contributed by atoms with van der Waals surface area (Å²) in [7, 11) is 0. The Bertz CT molecular complexity index is 680. The van der Waals surface area contributed by atoms with E-state index in [4.69, 9.17) is 4.74 Å². The highest BCUT2D eigenvalue weighted by molar-refractivity contribution is 5.94. The van der Waals surface area contributed by atoms with Gasteiger partial charge in [0.25, 0.3) is 5.91 Å². The number of nitrogens with one attached hydrogen (secondary N) is 1. The van der Waals surface area contributed by atoms with Gasteiger partial charge in [-0.2, -0.15) is 0 Å². The third kappa shape index (κ3) is 5.30. The zero-order valence-corrected chi connectivity index (χ0v) is 15.4. The van der Waals surface area contributed by atoms with Crippen LogP contribution in [0.4, 0.5) is 0 Å². The number of pyridine rings is 1. The quantitative estimate of drug-likeness (QED) is 0.831. The number of amides is 1. The standard InChI is InChI=1S/C21H27N3O2/c1-2-26-20-8-6-18(7-9-20)21(25)23-15-17-10-13-24(14-11-17)16-19-5-3-4-12-22-19/h3-9,12,17H,2,10-11,13-16H2,1H3,(H,23,25). The lowest BCUT2D eigenvalue weighted by Gasteiger charge is -2.31. The van der Waals surface area contributed by atoms with E-state index in [0.29, 0.717) is 18.1 Å². The van der Waals surface area contributed by atoms with Gasteiger partial charge in [0, 0.05) is 24.8 Å². The molecular formula is C21H27N3O2. The Morgan fingerprint density at radius 3 is 2.62 bits per heavy atom. The molecule has 1 aromatic carbocycles. The molecule has 3 rings (SSSR count). The molecule has 1 amide bonds. The highest BCUT2D eigenvalue weighted by atomic mass is 16.5. The van der Waals surface area contributed by atoms with E-state index in [2.05, 4.69) is 21.3 Å². The number of carbonyl (C=O) groups excluding carboxylic acids is 1. The third-order valence-electron chi connectivity index (χ3n) is 4.80. The van der Waals surface area contributed by atoms with Crippen LogP contribution in [0.15, 0.2) is 48.7 Å². The minimum atomic E-state index is -0.0102. The third-order valence-corrected chi connectivity index (χ3v) is 4.80. The molecule has 5 heteroatoms. The van der Waals surface area contributed by atoms with Crippen LogP contribution in [0.1, 0.15) is 35.8 Å². The number of hydrogen-bond acceptors (Lipinski definition) is 4. The molecule has 0 saturated carbocycles. The van der Waals surface area contributed by atoms with Gasteiger partial charge in [-0.15, -0.1) is 0 Å². The number of carbonyl (C=O) groups is 1. The molecule has 5 nitrogen and oxygen atoms in total. The fourth-order valence-corrected chi connectivity index (χ4v) is 3.28. The van der Waals surface area contributed by atoms with Gasteiger partial charge in [-0.1, -0.05) is 6.07 Å². The number of hydrogen-bond donors (Lipinski definition) is 1. The molecule has 1 saturated heterocycles. The van der Waals surface area contributed by atoms with Crippen molar-refractivity contribution in [2.24, 2.45) is 5.92 Å². The van der Waals surface area contributed by atoms with Gasteiger partial charge in [0.05, 0.1) is 12.3 Å². The summed E-state index contributed by atoms with van der Waals surface area (Å²) in [6.45, 7) is 6.34. The van der Waals surface area contributed by atoms with Crippen molar-refractivity contribution in [3.63, 3.8) is 0 Å². The molecule has 0 radical (unpaired) electrons. The van der Waals surface area contributed by atoms with Crippen molar-refractivity contribution >= 4 is 5.91 Å². The highest BCUT2D eigenvalue weighted by Crippen LogP contribution is 2.18. The molecule has 0 spiro atoms. The fourth-order valence-electron chi connectivity index (χ4n) is 3.28. The van der Waals surface area contributed by atoms with Gasteiger partial charge in [-0.25, -0.2) is 0 Å². The predicted octanol–water partition coefficient (Wildman–Crippen LogP) is 3.12. The van der Waals surface area contributed by atoms with E-state index < -0.39 is 0 Å². The lowest BCUT2D eigenvalue weighted by molar-refractivity contribution is 0.0935. The van der Waals surface area contributed by atoms with E-state index in [1.54, 1.807) is 0 Å². The molecule has 1 fully saturated rings. The van der Waals surface area contributed by atoms with Crippen LogP contribution in [0, 0.1) is 5.92 Å². The first kappa shape index (κ1) is 18.4. The summed E-state index contributed by atoms with van der Waals surface area (Å²) in [5, 5.41) is 3.07. The smallest absolute Gasteiger partial charge is 0.251 e. The summed E-state index contributed by atoms with van der Waals surface area (Å²) in [5.74, 6) is 1.33. The number of likely N-dealkylation sites (tertiary alicyclic amines) is 1. The molecule has 0 bridgehead atoms. The van der Waals surface area contributed by atoms with Gasteiger partial charge in [0.15, 0.2) is 0 Å². The van der Waals surface area contributed by atoms with Gasteiger partial charge in [0.1, 0.15) is 5.75 Å². The minimum Gasteiger partial charge on any atom is -0.494 e. The predicted molar refractivity (Wildman–Crippen MR) is 102 cm³/mol. The molecule has 2 aromatic rings. The van der Waals surface area contributed by atoms with Crippen molar-refractivity contribution in [3.8, 4) is 5.75 Å². The second-order valence-corrected chi connectivity index (χ2v) is 6.71. The highest BCUT2D eigenvalue weighted by Gasteiger charge is 2.20. The number of aromatic nitrogens is 1. The Morgan fingerprint density at radius 1 is 1.19 bits per heavy atom. The molecule has 1 aromatic heterocycles. The topological polar surface area (TPSA) is 54.5 Å². The molecule has 0 unspecified atom stereocenters. The van der Waals surface area contributed by atoms with Crippen LogP contribution >= 0.6 is 0 Å². The van der Waals surface area contributed by atoms with E-state index in [1.165, 1.54) is 0 Å². The zero-order chi connectivity index (χ0) is 18.2. The number of ether oxygens (including phenoxy) is 1. The first-order valence-electron chi connectivity index (χ1n) is 9.38. The average Bonchev–Trinajstić information content (AvgIpc) is 2.69. The van der Waals surface area contributed by atoms with E-state index in [-0.39, 0.29) is 5.91 Å². The van der Waals surface area contributed by atoms with E-state index in [9.17, 15) is 4.79 Å². The van der Waals surface area contributed by atoms with Crippen LogP contribution in [0.5, 0.6) is 5.75 Å². The second-order valence-electron chi connectivity index (χ2n) is 6.71. The fraction of sp³-hybridized carbons (Fsp3) is 0.429. The van der Waals surface area contributed by atoms with Crippen LogP contribution < -0.4 is 10.1 Å². The lowest BCUT2D eigenvalue weighted by Crippen LogP contribution is -2.38. The van der Waals surface area contributed by atoms with Crippen LogP contribution in [0.25, 0.3) is 0 Å². The number of rotatable bonds is 7. The van der Waals surface area contributed by atoms with Crippen LogP contribution in [0.3, 0.4) is 0 Å². The van der Waals surface area contributed by atoms with Gasteiger partial charge in [-0.05, 0) is 75.2 Å². The zero-order valence-electron chi connectivity index (χ0n) is 15.4. The maximum Gasteiger partial charge on any atom is 0.251 e. The summed E-state index contributed by atoms with van der Waals surface area (Å²) in [6.07, 6.45) is 4.06. The molecule has 138 valence electrons. The van der Waals surface area contributed by atoms with E-state index >= 15 is 0 Å². The molecule has 26 heavy (non-hydrogen) atoms. The van der Waals surface area contributed by atoms with Crippen molar-refractivity contribution in [1.82, 2.24) is 15.2 Å². The molecule has 2 heterocycles. The summed E-state index contributed by atoms with van der Waals surface area (Å²) < 4.78 is 5.41. The van der Waals surface area contributed by atoms with E-state index in [1.807, 2.05) is 49.5 Å². The molecular weight excluding hydrogens is 326 g/mol. The lowest BCUT2D eigenvalue weighted by atomic mass is 9.96. The largest absolute Gasteiger partial charge is 0.494 e. The first-order chi connectivity index (χ1) is 12.7. The average molecular weight is 353 g/mol. The summed E-state index contributed by atoms with van der Waals surface area (Å²) >= 11 is 0. The van der Waals surface area contributed by atoms with Gasteiger partial charge in [0.2, 0.25) is 0 Å². The van der Waals surface area contributed by atoms with Crippen LogP contribution in [0.2, 0.25) is 0 Å². The Balaban J connectivity index is 1.40. The molecule has 1 aliphatic rings. The van der Waals surface area contributed by atoms with Crippen molar-refractivity contribution < 1.29 is 9.53 Å². The van der Waals surface area contributed by atoms with E-state index in [0.717, 1.165) is 50.5 Å². The number of nitrogens with zero attached hydrogens (tertiary/aromatic N) is 2. The first-order valence-corrected chi connectivity index (χ1v) is 9.38. The maximum atomic E-state index is 12.3. The maximum absolute atomic E-state index is 12.3. The van der Waals surface area contributed by atoms with Crippen molar-refractivity contribution in [2.75, 3.05) is 26.2 Å². The normalized spacial score (nSPS) is 15.6.